The molecule has 0 spiro atoms. The summed E-state index contributed by atoms with van der Waals surface area (Å²) in [7, 11) is 0. The van der Waals surface area contributed by atoms with Crippen LogP contribution in [-0.2, 0) is 4.79 Å². The topological polar surface area (TPSA) is 65.5 Å². The molecule has 1 N–H and O–H groups in total. The zero-order chi connectivity index (χ0) is 21.9. The van der Waals surface area contributed by atoms with Crippen molar-refractivity contribution in [3.63, 3.8) is 0 Å². The van der Waals surface area contributed by atoms with Crippen LogP contribution in [0.3, 0.4) is 0 Å². The van der Waals surface area contributed by atoms with Crippen molar-refractivity contribution in [1.82, 2.24) is 9.88 Å². The van der Waals surface area contributed by atoms with E-state index in [0.29, 0.717) is 25.9 Å². The molecule has 164 valence electrons. The molecule has 2 aliphatic heterocycles. The van der Waals surface area contributed by atoms with Gasteiger partial charge in [-0.3, -0.25) is 9.59 Å². The van der Waals surface area contributed by atoms with Gasteiger partial charge in [-0.2, -0.15) is 0 Å². The van der Waals surface area contributed by atoms with E-state index in [2.05, 4.69) is 15.2 Å². The molecule has 0 radical (unpaired) electrons. The van der Waals surface area contributed by atoms with Gasteiger partial charge in [0.05, 0.1) is 5.69 Å². The summed E-state index contributed by atoms with van der Waals surface area (Å²) in [5, 5.41) is 5.16. The van der Waals surface area contributed by atoms with Gasteiger partial charge in [0, 0.05) is 43.9 Å². The monoisotopic (exact) mass is 428 g/mol. The minimum atomic E-state index is -0.0989. The fourth-order valence-corrected chi connectivity index (χ4v) is 4.84. The summed E-state index contributed by atoms with van der Waals surface area (Å²) in [5.74, 6) is 0.833. The maximum absolute atomic E-state index is 13.2. The molecule has 2 amide bonds. The molecule has 1 aromatic heterocycles. The smallest absolute Gasteiger partial charge is 0.254 e. The lowest BCUT2D eigenvalue weighted by atomic mass is 9.94. The van der Waals surface area contributed by atoms with Gasteiger partial charge in [-0.15, -0.1) is 0 Å². The van der Waals surface area contributed by atoms with Gasteiger partial charge in [-0.1, -0.05) is 36.4 Å². The summed E-state index contributed by atoms with van der Waals surface area (Å²) < 4.78 is 0. The van der Waals surface area contributed by atoms with E-state index in [0.717, 1.165) is 53.8 Å². The van der Waals surface area contributed by atoms with Crippen LogP contribution < -0.4 is 10.2 Å². The van der Waals surface area contributed by atoms with Gasteiger partial charge in [0.25, 0.3) is 5.91 Å². The van der Waals surface area contributed by atoms with Crippen molar-refractivity contribution in [2.24, 2.45) is 5.92 Å². The fraction of sp³-hybridized carbons (Fsp3) is 0.346. The average molecular weight is 429 g/mol. The number of benzene rings is 2. The van der Waals surface area contributed by atoms with E-state index in [1.54, 1.807) is 6.20 Å². The van der Waals surface area contributed by atoms with Crippen LogP contribution in [0.2, 0.25) is 0 Å². The highest BCUT2D eigenvalue weighted by Crippen LogP contribution is 2.28. The molecular weight excluding hydrogens is 400 g/mol. The van der Waals surface area contributed by atoms with E-state index in [9.17, 15) is 9.59 Å². The van der Waals surface area contributed by atoms with Crippen LogP contribution in [0.5, 0.6) is 0 Å². The number of likely N-dealkylation sites (tertiary alicyclic amines) is 1. The van der Waals surface area contributed by atoms with Crippen molar-refractivity contribution >= 4 is 34.1 Å². The molecule has 3 heterocycles. The minimum absolute atomic E-state index is 0.0238. The van der Waals surface area contributed by atoms with Crippen molar-refractivity contribution in [2.45, 2.75) is 25.7 Å². The lowest BCUT2D eigenvalue weighted by Crippen LogP contribution is -2.41. The number of anilines is 2. The Balaban J connectivity index is 1.23. The summed E-state index contributed by atoms with van der Waals surface area (Å²) in [5.41, 5.74) is 1.52. The van der Waals surface area contributed by atoms with E-state index in [-0.39, 0.29) is 17.7 Å². The third-order valence-electron chi connectivity index (χ3n) is 6.62. The first-order valence-corrected chi connectivity index (χ1v) is 11.5. The largest absolute Gasteiger partial charge is 0.355 e. The van der Waals surface area contributed by atoms with E-state index >= 15 is 0 Å². The Hall–Kier alpha value is -3.41. The van der Waals surface area contributed by atoms with Crippen molar-refractivity contribution < 1.29 is 9.59 Å². The van der Waals surface area contributed by atoms with E-state index in [1.165, 1.54) is 0 Å². The summed E-state index contributed by atoms with van der Waals surface area (Å²) in [6.07, 6.45) is 5.43. The fourth-order valence-electron chi connectivity index (χ4n) is 4.84. The van der Waals surface area contributed by atoms with Crippen LogP contribution in [0, 0.1) is 5.92 Å². The second-order valence-corrected chi connectivity index (χ2v) is 8.65. The average Bonchev–Trinajstić information content (AvgIpc) is 3.38. The maximum Gasteiger partial charge on any atom is 0.254 e. The highest BCUT2D eigenvalue weighted by molar-refractivity contribution is 6.07. The predicted octanol–water partition coefficient (Wildman–Crippen LogP) is 4.33. The van der Waals surface area contributed by atoms with Gasteiger partial charge in [-0.25, -0.2) is 4.98 Å². The summed E-state index contributed by atoms with van der Waals surface area (Å²) in [6.45, 7) is 3.14. The Kier molecular flexibility index (Phi) is 5.75. The molecule has 5 rings (SSSR count). The van der Waals surface area contributed by atoms with Crippen LogP contribution in [0.25, 0.3) is 10.8 Å². The van der Waals surface area contributed by atoms with Gasteiger partial charge in [0.1, 0.15) is 0 Å². The maximum atomic E-state index is 13.2. The van der Waals surface area contributed by atoms with Gasteiger partial charge < -0.3 is 15.1 Å². The molecule has 3 aromatic rings. The molecule has 0 aliphatic carbocycles. The number of piperidine rings is 1. The second kappa shape index (κ2) is 8.99. The molecule has 6 heteroatoms. The number of nitrogens with zero attached hydrogens (tertiary/aromatic N) is 3. The van der Waals surface area contributed by atoms with Gasteiger partial charge in [-0.05, 0) is 54.7 Å². The molecule has 0 unspecified atom stereocenters. The van der Waals surface area contributed by atoms with Crippen LogP contribution in [-0.4, -0.2) is 47.9 Å². The standard InChI is InChI=1S/C26H28N4O2/c31-25(28-23-11-6-14-27-24(23)29-15-3-4-16-29)20-12-17-30(18-13-20)26(32)22-10-5-8-19-7-1-2-9-21(19)22/h1-2,5-11,14,20H,3-4,12-13,15-18H2,(H,28,31). The first kappa shape index (κ1) is 20.5. The van der Waals surface area contributed by atoms with Gasteiger partial charge in [0.15, 0.2) is 5.82 Å². The number of carbonyl (C=O) groups is 2. The number of fused-ring (bicyclic) bond motifs is 1. The molecule has 2 aliphatic rings. The molecule has 6 nitrogen and oxygen atoms in total. The number of pyridine rings is 1. The summed E-state index contributed by atoms with van der Waals surface area (Å²) in [4.78, 5) is 34.8. The zero-order valence-corrected chi connectivity index (χ0v) is 18.2. The second-order valence-electron chi connectivity index (χ2n) is 8.65. The van der Waals surface area contributed by atoms with E-state index in [4.69, 9.17) is 0 Å². The Morgan fingerprint density at radius 1 is 0.875 bits per heavy atom. The number of aromatic nitrogens is 1. The molecule has 32 heavy (non-hydrogen) atoms. The summed E-state index contributed by atoms with van der Waals surface area (Å²) in [6, 6.07) is 17.6. The number of hydrogen-bond donors (Lipinski definition) is 1. The third kappa shape index (κ3) is 4.05. The van der Waals surface area contributed by atoms with E-state index in [1.807, 2.05) is 59.5 Å². The van der Waals surface area contributed by atoms with Crippen LogP contribution in [0.1, 0.15) is 36.0 Å². The lowest BCUT2D eigenvalue weighted by Gasteiger charge is -2.32. The molecule has 0 bridgehead atoms. The quantitative estimate of drug-likeness (QED) is 0.672. The zero-order valence-electron chi connectivity index (χ0n) is 18.2. The summed E-state index contributed by atoms with van der Waals surface area (Å²) >= 11 is 0. The Labute approximate surface area is 188 Å². The highest BCUT2D eigenvalue weighted by atomic mass is 16.2. The molecule has 2 aromatic carbocycles. The first-order valence-electron chi connectivity index (χ1n) is 11.5. The van der Waals surface area contributed by atoms with E-state index < -0.39 is 0 Å². The number of rotatable bonds is 4. The minimum Gasteiger partial charge on any atom is -0.355 e. The SMILES string of the molecule is O=C(Nc1cccnc1N1CCCC1)C1CCN(C(=O)c2cccc3ccccc23)CC1. The third-order valence-corrected chi connectivity index (χ3v) is 6.62. The van der Waals surface area contributed by atoms with Gasteiger partial charge in [0.2, 0.25) is 5.91 Å². The molecule has 2 fully saturated rings. The number of amides is 2. The van der Waals surface area contributed by atoms with Gasteiger partial charge >= 0.3 is 0 Å². The van der Waals surface area contributed by atoms with Crippen LogP contribution >= 0.6 is 0 Å². The Morgan fingerprint density at radius 2 is 1.62 bits per heavy atom. The Bertz CT molecular complexity index is 1130. The van der Waals surface area contributed by atoms with Crippen molar-refractivity contribution in [3.05, 3.63) is 66.4 Å². The molecular formula is C26H28N4O2. The van der Waals surface area contributed by atoms with Crippen LogP contribution in [0.4, 0.5) is 11.5 Å². The first-order chi connectivity index (χ1) is 15.7. The predicted molar refractivity (Wildman–Crippen MR) is 127 cm³/mol. The number of carbonyl (C=O) groups excluding carboxylic acids is 2. The normalized spacial score (nSPS) is 17.0. The molecule has 2 saturated heterocycles. The van der Waals surface area contributed by atoms with Crippen molar-refractivity contribution in [3.8, 4) is 0 Å². The number of nitrogens with one attached hydrogen (secondary N) is 1. The van der Waals surface area contributed by atoms with Crippen molar-refractivity contribution in [1.29, 1.82) is 0 Å². The molecule has 0 saturated carbocycles. The molecule has 0 atom stereocenters. The Morgan fingerprint density at radius 3 is 2.44 bits per heavy atom. The number of hydrogen-bond acceptors (Lipinski definition) is 4. The highest BCUT2D eigenvalue weighted by Gasteiger charge is 2.29. The lowest BCUT2D eigenvalue weighted by molar-refractivity contribution is -0.121. The van der Waals surface area contributed by atoms with Crippen molar-refractivity contribution in [2.75, 3.05) is 36.4 Å². The van der Waals surface area contributed by atoms with Crippen LogP contribution in [0.15, 0.2) is 60.8 Å².